The van der Waals surface area contributed by atoms with Gasteiger partial charge < -0.3 is 10.1 Å². The van der Waals surface area contributed by atoms with Crippen molar-refractivity contribution in [2.24, 2.45) is 0 Å². The van der Waals surface area contributed by atoms with Crippen molar-refractivity contribution in [1.82, 2.24) is 19.6 Å². The molecule has 1 aromatic carbocycles. The van der Waals surface area contributed by atoms with E-state index in [-0.39, 0.29) is 11.9 Å². The van der Waals surface area contributed by atoms with Crippen LogP contribution in [0.2, 0.25) is 5.02 Å². The van der Waals surface area contributed by atoms with Gasteiger partial charge in [0.1, 0.15) is 5.75 Å². The van der Waals surface area contributed by atoms with Gasteiger partial charge in [-0.25, -0.2) is 9.50 Å². The van der Waals surface area contributed by atoms with E-state index in [0.717, 1.165) is 12.8 Å². The Morgan fingerprint density at radius 1 is 1.32 bits per heavy atom. The molecule has 0 aliphatic heterocycles. The predicted molar refractivity (Wildman–Crippen MR) is 93.1 cm³/mol. The molecule has 1 amide bonds. The first-order chi connectivity index (χ1) is 12.2. The fraction of sp³-hybridized carbons (Fsp3) is 0.294. The molecule has 0 bridgehead atoms. The van der Waals surface area contributed by atoms with E-state index in [1.165, 1.54) is 17.4 Å². The van der Waals surface area contributed by atoms with Crippen LogP contribution >= 0.6 is 11.6 Å². The smallest absolute Gasteiger partial charge is 0.295 e. The minimum atomic E-state index is -0.425. The third kappa shape index (κ3) is 3.41. The second-order valence-corrected chi connectivity index (χ2v) is 6.33. The number of rotatable bonds is 4. The van der Waals surface area contributed by atoms with Gasteiger partial charge in [0.2, 0.25) is 5.82 Å². The summed E-state index contributed by atoms with van der Waals surface area (Å²) in [5.41, 5.74) is 0.556. The number of benzene rings is 1. The highest BCUT2D eigenvalue weighted by atomic mass is 35.5. The molecular weight excluding hydrogens is 342 g/mol. The van der Waals surface area contributed by atoms with Crippen molar-refractivity contribution in [2.45, 2.75) is 31.8 Å². The number of nitrogens with zero attached hydrogens (tertiary/aromatic N) is 4. The lowest BCUT2D eigenvalue weighted by Gasteiger charge is -2.15. The number of hydrogen-bond donors (Lipinski definition) is 1. The van der Waals surface area contributed by atoms with Crippen LogP contribution in [0.15, 0.2) is 36.7 Å². The van der Waals surface area contributed by atoms with Gasteiger partial charge in [-0.1, -0.05) is 11.6 Å². The van der Waals surface area contributed by atoms with Crippen LogP contribution in [-0.2, 0) is 0 Å². The number of carbonyl (C=O) groups excluding carboxylic acids is 1. The van der Waals surface area contributed by atoms with E-state index in [1.807, 2.05) is 0 Å². The minimum absolute atomic E-state index is 0.0427. The van der Waals surface area contributed by atoms with Crippen LogP contribution in [0.25, 0.3) is 5.78 Å². The molecule has 0 spiro atoms. The number of fused-ring (bicyclic) bond motifs is 1. The van der Waals surface area contributed by atoms with Crippen molar-refractivity contribution < 1.29 is 9.53 Å². The first-order valence-corrected chi connectivity index (χ1v) is 8.52. The quantitative estimate of drug-likeness (QED) is 0.774. The van der Waals surface area contributed by atoms with Crippen LogP contribution in [0.5, 0.6) is 5.75 Å². The predicted octanol–water partition coefficient (Wildman–Crippen LogP) is 3.35. The molecule has 25 heavy (non-hydrogen) atoms. The second-order valence-electron chi connectivity index (χ2n) is 5.92. The standard InChI is InChI=1S/C17H16ClN5O2/c18-13-10-11(6-7-14(13)25-12-4-1-2-5-12)20-16(24)15-21-17-19-8-3-9-23(17)22-15/h3,6-10,12H,1-2,4-5H2,(H,20,24). The van der Waals surface area contributed by atoms with Crippen molar-refractivity contribution in [3.05, 3.63) is 47.5 Å². The summed E-state index contributed by atoms with van der Waals surface area (Å²) in [6, 6.07) is 6.90. The van der Waals surface area contributed by atoms with Crippen LogP contribution in [0.4, 0.5) is 5.69 Å². The molecular formula is C17H16ClN5O2. The van der Waals surface area contributed by atoms with Crippen molar-refractivity contribution >= 4 is 29.0 Å². The molecule has 2 aromatic heterocycles. The Kier molecular flexibility index (Phi) is 4.23. The lowest BCUT2D eigenvalue weighted by Crippen LogP contribution is -2.14. The van der Waals surface area contributed by atoms with Gasteiger partial charge in [0.15, 0.2) is 0 Å². The number of nitrogens with one attached hydrogen (secondary N) is 1. The zero-order valence-electron chi connectivity index (χ0n) is 13.4. The Labute approximate surface area is 149 Å². The lowest BCUT2D eigenvalue weighted by atomic mass is 10.2. The van der Waals surface area contributed by atoms with Crippen LogP contribution in [0, 0.1) is 0 Å². The van der Waals surface area contributed by atoms with Gasteiger partial charge in [0, 0.05) is 18.1 Å². The summed E-state index contributed by atoms with van der Waals surface area (Å²) in [6.45, 7) is 0. The highest BCUT2D eigenvalue weighted by Gasteiger charge is 2.18. The summed E-state index contributed by atoms with van der Waals surface area (Å²) in [5, 5.41) is 7.29. The summed E-state index contributed by atoms with van der Waals surface area (Å²) < 4.78 is 7.35. The zero-order chi connectivity index (χ0) is 17.2. The van der Waals surface area contributed by atoms with Gasteiger partial charge >= 0.3 is 0 Å². The molecule has 1 aliphatic carbocycles. The highest BCUT2D eigenvalue weighted by Crippen LogP contribution is 2.31. The Bertz CT molecular complexity index is 887. The number of aromatic nitrogens is 4. The van der Waals surface area contributed by atoms with Gasteiger partial charge in [-0.15, -0.1) is 5.10 Å². The number of hydrogen-bond acceptors (Lipinski definition) is 5. The number of ether oxygens (including phenoxy) is 1. The van der Waals surface area contributed by atoms with E-state index in [9.17, 15) is 4.79 Å². The molecule has 0 radical (unpaired) electrons. The Hall–Kier alpha value is -2.67. The van der Waals surface area contributed by atoms with E-state index in [2.05, 4.69) is 20.4 Å². The van der Waals surface area contributed by atoms with Crippen LogP contribution in [-0.4, -0.2) is 31.6 Å². The number of halogens is 1. The average molecular weight is 358 g/mol. The third-order valence-corrected chi connectivity index (χ3v) is 4.40. The molecule has 1 N–H and O–H groups in total. The summed E-state index contributed by atoms with van der Waals surface area (Å²) in [5.74, 6) is 0.625. The Morgan fingerprint density at radius 3 is 2.92 bits per heavy atom. The maximum Gasteiger partial charge on any atom is 0.295 e. The van der Waals surface area contributed by atoms with E-state index < -0.39 is 5.91 Å². The van der Waals surface area contributed by atoms with E-state index >= 15 is 0 Å². The maximum absolute atomic E-state index is 12.3. The van der Waals surface area contributed by atoms with Crippen molar-refractivity contribution in [2.75, 3.05) is 5.32 Å². The first kappa shape index (κ1) is 15.8. The summed E-state index contributed by atoms with van der Waals surface area (Å²) >= 11 is 6.28. The lowest BCUT2D eigenvalue weighted by molar-refractivity contribution is 0.101. The molecule has 0 saturated heterocycles. The Balaban J connectivity index is 1.48. The SMILES string of the molecule is O=C(Nc1ccc(OC2CCCC2)c(Cl)c1)c1nc2ncccn2n1. The first-order valence-electron chi connectivity index (χ1n) is 8.14. The van der Waals surface area contributed by atoms with Gasteiger partial charge in [-0.3, -0.25) is 4.79 Å². The van der Waals surface area contributed by atoms with Crippen molar-refractivity contribution in [1.29, 1.82) is 0 Å². The molecule has 0 unspecified atom stereocenters. The van der Waals surface area contributed by atoms with Crippen LogP contribution in [0.1, 0.15) is 36.3 Å². The fourth-order valence-corrected chi connectivity index (χ4v) is 3.10. The Morgan fingerprint density at radius 2 is 2.16 bits per heavy atom. The van der Waals surface area contributed by atoms with Crippen molar-refractivity contribution in [3.63, 3.8) is 0 Å². The van der Waals surface area contributed by atoms with Gasteiger partial charge in [0.25, 0.3) is 11.7 Å². The summed E-state index contributed by atoms with van der Waals surface area (Å²) in [6.07, 6.45) is 8.00. The molecule has 3 aromatic rings. The van der Waals surface area contributed by atoms with Gasteiger partial charge in [-0.2, -0.15) is 4.98 Å². The molecule has 1 aliphatic rings. The minimum Gasteiger partial charge on any atom is -0.489 e. The zero-order valence-corrected chi connectivity index (χ0v) is 14.1. The van der Waals surface area contributed by atoms with Crippen LogP contribution < -0.4 is 10.1 Å². The second kappa shape index (κ2) is 6.68. The van der Waals surface area contributed by atoms with Gasteiger partial charge in [0.05, 0.1) is 11.1 Å². The van der Waals surface area contributed by atoms with E-state index in [0.29, 0.717) is 22.2 Å². The topological polar surface area (TPSA) is 81.4 Å². The van der Waals surface area contributed by atoms with E-state index in [4.69, 9.17) is 16.3 Å². The van der Waals surface area contributed by atoms with Gasteiger partial charge in [-0.05, 0) is 49.9 Å². The molecule has 7 nitrogen and oxygen atoms in total. The summed E-state index contributed by atoms with van der Waals surface area (Å²) in [4.78, 5) is 20.4. The maximum atomic E-state index is 12.3. The molecule has 0 atom stereocenters. The van der Waals surface area contributed by atoms with Crippen molar-refractivity contribution in [3.8, 4) is 5.75 Å². The largest absolute Gasteiger partial charge is 0.489 e. The number of amides is 1. The third-order valence-electron chi connectivity index (χ3n) is 4.11. The molecule has 8 heteroatoms. The number of carbonyl (C=O) groups is 1. The molecule has 1 saturated carbocycles. The molecule has 4 rings (SSSR count). The number of anilines is 1. The van der Waals surface area contributed by atoms with Crippen LogP contribution in [0.3, 0.4) is 0 Å². The molecule has 1 fully saturated rings. The monoisotopic (exact) mass is 357 g/mol. The fourth-order valence-electron chi connectivity index (χ4n) is 2.88. The highest BCUT2D eigenvalue weighted by molar-refractivity contribution is 6.32. The summed E-state index contributed by atoms with van der Waals surface area (Å²) in [7, 11) is 0. The normalized spacial score (nSPS) is 14.8. The van der Waals surface area contributed by atoms with E-state index in [1.54, 1.807) is 36.7 Å². The molecule has 128 valence electrons. The average Bonchev–Trinajstić information content (AvgIpc) is 3.26. The molecule has 2 heterocycles.